The number of nitrogens with one attached hydrogen (secondary N) is 1. The summed E-state index contributed by atoms with van der Waals surface area (Å²) in [5.74, 6) is -0.260. The number of hydrogen-bond acceptors (Lipinski definition) is 3. The third-order valence-corrected chi connectivity index (χ3v) is 5.99. The van der Waals surface area contributed by atoms with Crippen LogP contribution in [0.5, 0.6) is 0 Å². The summed E-state index contributed by atoms with van der Waals surface area (Å²) in [4.78, 5) is 6.66. The van der Waals surface area contributed by atoms with E-state index in [4.69, 9.17) is 12.2 Å². The van der Waals surface area contributed by atoms with Gasteiger partial charge < -0.3 is 19.9 Å². The first-order valence-corrected chi connectivity index (χ1v) is 10.5. The first-order valence-electron chi connectivity index (χ1n) is 10.1. The smallest absolute Gasteiger partial charge is 0.170 e. The number of thiocarbonyl (C=S) groups is 1. The highest BCUT2D eigenvalue weighted by Gasteiger charge is 2.41. The molecular weight excluding hydrogens is 399 g/mol. The van der Waals surface area contributed by atoms with Gasteiger partial charge in [0.1, 0.15) is 5.82 Å². The van der Waals surface area contributed by atoms with E-state index in [0.717, 1.165) is 22.6 Å². The third-order valence-electron chi connectivity index (χ3n) is 5.64. The zero-order valence-corrected chi connectivity index (χ0v) is 17.9. The normalized spacial score (nSPS) is 18.7. The lowest BCUT2D eigenvalue weighted by Gasteiger charge is -2.28. The van der Waals surface area contributed by atoms with Crippen molar-refractivity contribution in [2.45, 2.75) is 32.4 Å². The van der Waals surface area contributed by atoms with Crippen molar-refractivity contribution in [2.75, 3.05) is 13.2 Å². The minimum atomic E-state index is -0.260. The van der Waals surface area contributed by atoms with Crippen LogP contribution in [0.2, 0.25) is 0 Å². The van der Waals surface area contributed by atoms with Gasteiger partial charge in [0.15, 0.2) is 5.11 Å². The van der Waals surface area contributed by atoms with Gasteiger partial charge in [-0.25, -0.2) is 4.39 Å². The number of hydrogen-bond donors (Lipinski definition) is 2. The molecule has 1 aliphatic heterocycles. The van der Waals surface area contributed by atoms with E-state index in [1.807, 2.05) is 42.7 Å². The molecule has 3 aromatic rings. The van der Waals surface area contributed by atoms with Crippen molar-refractivity contribution < 1.29 is 9.50 Å². The van der Waals surface area contributed by atoms with Gasteiger partial charge in [-0.1, -0.05) is 18.2 Å². The Bertz CT molecular complexity index is 1050. The second-order valence-corrected chi connectivity index (χ2v) is 7.90. The van der Waals surface area contributed by atoms with E-state index in [-0.39, 0.29) is 24.5 Å². The summed E-state index contributed by atoms with van der Waals surface area (Å²) in [6.07, 6.45) is 2.38. The van der Waals surface area contributed by atoms with Crippen molar-refractivity contribution in [1.29, 1.82) is 0 Å². The Morgan fingerprint density at radius 2 is 1.93 bits per heavy atom. The van der Waals surface area contributed by atoms with Gasteiger partial charge in [0.2, 0.25) is 0 Å². The van der Waals surface area contributed by atoms with Gasteiger partial charge in [-0.05, 0) is 68.4 Å². The van der Waals surface area contributed by atoms with Crippen LogP contribution in [-0.2, 0) is 0 Å². The van der Waals surface area contributed by atoms with Gasteiger partial charge in [0, 0.05) is 30.7 Å². The van der Waals surface area contributed by atoms with Crippen LogP contribution in [0.4, 0.5) is 4.39 Å². The third kappa shape index (κ3) is 3.59. The predicted octanol–water partition coefficient (Wildman–Crippen LogP) is 3.98. The summed E-state index contributed by atoms with van der Waals surface area (Å²) in [5, 5.41) is 13.4. The average molecular weight is 425 g/mol. The lowest BCUT2D eigenvalue weighted by molar-refractivity contribution is 0.247. The topological polar surface area (TPSA) is 53.3 Å². The van der Waals surface area contributed by atoms with Crippen LogP contribution >= 0.6 is 12.2 Å². The van der Waals surface area contributed by atoms with E-state index in [0.29, 0.717) is 23.8 Å². The molecule has 2 aromatic heterocycles. The zero-order chi connectivity index (χ0) is 21.3. The molecule has 2 atom stereocenters. The number of benzene rings is 1. The summed E-state index contributed by atoms with van der Waals surface area (Å²) >= 11 is 5.64. The molecular formula is C23H25FN4OS. The van der Waals surface area contributed by atoms with Crippen LogP contribution in [0.3, 0.4) is 0 Å². The summed E-state index contributed by atoms with van der Waals surface area (Å²) < 4.78 is 16.5. The zero-order valence-electron chi connectivity index (χ0n) is 17.0. The Balaban J connectivity index is 1.83. The number of aryl methyl sites for hydroxylation is 1. The van der Waals surface area contributed by atoms with Gasteiger partial charge in [-0.15, -0.1) is 0 Å². The molecule has 156 valence electrons. The highest BCUT2D eigenvalue weighted by Crippen LogP contribution is 2.41. The number of nitrogens with zero attached hydrogens (tertiary/aromatic N) is 3. The molecule has 2 N–H and O–H groups in total. The Hall–Kier alpha value is -2.77. The van der Waals surface area contributed by atoms with Gasteiger partial charge in [-0.3, -0.25) is 4.98 Å². The first kappa shape index (κ1) is 20.5. The summed E-state index contributed by atoms with van der Waals surface area (Å²) in [5.41, 5.74) is 4.41. The fraction of sp³-hybridized carbons (Fsp3) is 0.304. The Morgan fingerprint density at radius 3 is 2.63 bits per heavy atom. The largest absolute Gasteiger partial charge is 0.396 e. The number of halogens is 1. The van der Waals surface area contributed by atoms with E-state index >= 15 is 0 Å². The minimum absolute atomic E-state index is 0.0916. The number of aliphatic hydroxyl groups is 1. The number of aliphatic hydroxyl groups excluding tert-OH is 1. The molecule has 0 aliphatic carbocycles. The summed E-state index contributed by atoms with van der Waals surface area (Å²) in [6.45, 7) is 4.71. The quantitative estimate of drug-likeness (QED) is 0.586. The summed E-state index contributed by atoms with van der Waals surface area (Å²) in [6, 6.07) is 14.5. The van der Waals surface area contributed by atoms with Crippen molar-refractivity contribution in [3.05, 3.63) is 83.2 Å². The fourth-order valence-corrected chi connectivity index (χ4v) is 4.65. The lowest BCUT2D eigenvalue weighted by Crippen LogP contribution is -2.31. The predicted molar refractivity (Wildman–Crippen MR) is 119 cm³/mol. The second kappa shape index (κ2) is 8.53. The van der Waals surface area contributed by atoms with E-state index in [9.17, 15) is 9.50 Å². The molecule has 0 radical (unpaired) electrons. The Kier molecular flexibility index (Phi) is 5.83. The standard InChI is InChI=1S/C23H25FN4OS/c1-15-14-17(16(2)28(15)20-10-4-3-8-18(20)24)22-21(19-9-5-6-11-25-19)26-23(30)27(22)12-7-13-29/h3-6,8-11,14,21-22,29H,7,12-13H2,1-2H3,(H,26,30)/t21-,22-/m1/s1. The summed E-state index contributed by atoms with van der Waals surface area (Å²) in [7, 11) is 0. The molecule has 1 fully saturated rings. The van der Waals surface area contributed by atoms with Crippen LogP contribution < -0.4 is 5.32 Å². The maximum absolute atomic E-state index is 14.6. The highest BCUT2D eigenvalue weighted by molar-refractivity contribution is 7.80. The molecule has 1 saturated heterocycles. The maximum Gasteiger partial charge on any atom is 0.170 e. The highest BCUT2D eigenvalue weighted by atomic mass is 32.1. The van der Waals surface area contributed by atoms with Gasteiger partial charge in [-0.2, -0.15) is 0 Å². The average Bonchev–Trinajstić information content (AvgIpc) is 3.23. The molecule has 30 heavy (non-hydrogen) atoms. The fourth-order valence-electron chi connectivity index (χ4n) is 4.32. The number of aromatic nitrogens is 2. The Labute approximate surface area is 181 Å². The molecule has 4 rings (SSSR count). The van der Waals surface area contributed by atoms with E-state index in [2.05, 4.69) is 21.3 Å². The van der Waals surface area contributed by atoms with E-state index < -0.39 is 0 Å². The molecule has 5 nitrogen and oxygen atoms in total. The van der Waals surface area contributed by atoms with Crippen LogP contribution in [0.25, 0.3) is 5.69 Å². The molecule has 3 heterocycles. The van der Waals surface area contributed by atoms with Gasteiger partial charge >= 0.3 is 0 Å². The van der Waals surface area contributed by atoms with Crippen LogP contribution in [-0.4, -0.2) is 37.8 Å². The second-order valence-electron chi connectivity index (χ2n) is 7.51. The van der Waals surface area contributed by atoms with Crippen molar-refractivity contribution in [2.24, 2.45) is 0 Å². The first-order chi connectivity index (χ1) is 14.5. The Morgan fingerprint density at radius 1 is 1.17 bits per heavy atom. The molecule has 0 saturated carbocycles. The van der Waals surface area contributed by atoms with E-state index in [1.54, 1.807) is 18.3 Å². The van der Waals surface area contributed by atoms with Crippen molar-refractivity contribution in [3.8, 4) is 5.69 Å². The molecule has 1 aliphatic rings. The number of para-hydroxylation sites is 1. The monoisotopic (exact) mass is 424 g/mol. The molecule has 0 amide bonds. The number of pyridine rings is 1. The molecule has 0 bridgehead atoms. The molecule has 0 unspecified atom stereocenters. The molecule has 0 spiro atoms. The van der Waals surface area contributed by atoms with Crippen molar-refractivity contribution in [3.63, 3.8) is 0 Å². The van der Waals surface area contributed by atoms with Crippen molar-refractivity contribution >= 4 is 17.3 Å². The van der Waals surface area contributed by atoms with Crippen molar-refractivity contribution in [1.82, 2.24) is 19.8 Å². The lowest BCUT2D eigenvalue weighted by atomic mass is 9.96. The maximum atomic E-state index is 14.6. The van der Waals surface area contributed by atoms with Crippen LogP contribution in [0.1, 0.15) is 41.1 Å². The SMILES string of the molecule is Cc1cc([C@@H]2[C@@H](c3ccccn3)NC(=S)N2CCCO)c(C)n1-c1ccccc1F. The van der Waals surface area contributed by atoms with Gasteiger partial charge in [0.05, 0.1) is 23.5 Å². The van der Waals surface area contributed by atoms with Crippen LogP contribution in [0, 0.1) is 19.7 Å². The molecule has 1 aromatic carbocycles. The molecule has 7 heteroatoms. The van der Waals surface area contributed by atoms with E-state index in [1.165, 1.54) is 6.07 Å². The van der Waals surface area contributed by atoms with Crippen LogP contribution in [0.15, 0.2) is 54.7 Å². The van der Waals surface area contributed by atoms with Gasteiger partial charge in [0.25, 0.3) is 0 Å². The minimum Gasteiger partial charge on any atom is -0.396 e. The number of rotatable bonds is 6.